The number of rotatable bonds is 5. The lowest BCUT2D eigenvalue weighted by atomic mass is 9.91. The van der Waals surface area contributed by atoms with Crippen molar-refractivity contribution in [3.05, 3.63) is 89.7 Å². The number of aryl methyl sites for hydroxylation is 1. The first kappa shape index (κ1) is 19.3. The molecule has 4 nitrogen and oxygen atoms in total. The minimum atomic E-state index is -0.703. The lowest BCUT2D eigenvalue weighted by Gasteiger charge is -2.37. The fourth-order valence-electron chi connectivity index (χ4n) is 4.26. The van der Waals surface area contributed by atoms with Crippen molar-refractivity contribution < 1.29 is 9.90 Å². The van der Waals surface area contributed by atoms with Gasteiger partial charge in [0.2, 0.25) is 0 Å². The number of carboxylic acids is 1. The Morgan fingerprint density at radius 2 is 1.76 bits per heavy atom. The Hall–Kier alpha value is -2.98. The summed E-state index contributed by atoms with van der Waals surface area (Å²) in [7, 11) is 0. The molecule has 29 heavy (non-hydrogen) atoms. The van der Waals surface area contributed by atoms with Crippen LogP contribution in [0.5, 0.6) is 0 Å². The Morgan fingerprint density at radius 1 is 1.03 bits per heavy atom. The summed E-state index contributed by atoms with van der Waals surface area (Å²) < 4.78 is 0. The van der Waals surface area contributed by atoms with E-state index in [4.69, 9.17) is 4.98 Å². The van der Waals surface area contributed by atoms with Crippen molar-refractivity contribution >= 4 is 5.97 Å². The van der Waals surface area contributed by atoms with Crippen LogP contribution in [-0.4, -0.2) is 34.0 Å². The van der Waals surface area contributed by atoms with E-state index >= 15 is 0 Å². The van der Waals surface area contributed by atoms with Gasteiger partial charge < -0.3 is 5.11 Å². The Morgan fingerprint density at radius 3 is 2.45 bits per heavy atom. The van der Waals surface area contributed by atoms with Gasteiger partial charge in [-0.1, -0.05) is 60.7 Å². The number of pyridine rings is 1. The van der Waals surface area contributed by atoms with Crippen LogP contribution in [0.15, 0.2) is 72.9 Å². The number of piperidine rings is 1. The summed E-state index contributed by atoms with van der Waals surface area (Å²) in [6.07, 6.45) is 3.46. The highest BCUT2D eigenvalue weighted by Crippen LogP contribution is 2.34. The van der Waals surface area contributed by atoms with Gasteiger partial charge in [-0.25, -0.2) is 0 Å². The summed E-state index contributed by atoms with van der Waals surface area (Å²) in [6, 6.07) is 22.9. The summed E-state index contributed by atoms with van der Waals surface area (Å²) in [4.78, 5) is 18.6. The zero-order valence-corrected chi connectivity index (χ0v) is 16.7. The van der Waals surface area contributed by atoms with E-state index in [-0.39, 0.29) is 12.0 Å². The number of aromatic nitrogens is 1. The first-order valence-corrected chi connectivity index (χ1v) is 10.2. The number of aliphatic carboxylic acids is 1. The van der Waals surface area contributed by atoms with Crippen molar-refractivity contribution in [3.8, 4) is 11.1 Å². The minimum absolute atomic E-state index is 0.0387. The smallest absolute Gasteiger partial charge is 0.307 e. The van der Waals surface area contributed by atoms with Crippen molar-refractivity contribution in [2.45, 2.75) is 25.8 Å². The van der Waals surface area contributed by atoms with Crippen molar-refractivity contribution in [2.24, 2.45) is 5.92 Å². The van der Waals surface area contributed by atoms with Crippen LogP contribution >= 0.6 is 0 Å². The van der Waals surface area contributed by atoms with E-state index in [0.717, 1.165) is 36.2 Å². The van der Waals surface area contributed by atoms with Crippen LogP contribution in [0.1, 0.15) is 35.7 Å². The lowest BCUT2D eigenvalue weighted by Crippen LogP contribution is -2.41. The third-order valence-corrected chi connectivity index (χ3v) is 5.81. The molecule has 0 bridgehead atoms. The fraction of sp³-hybridized carbons (Fsp3) is 0.280. The zero-order chi connectivity index (χ0) is 20.2. The van der Waals surface area contributed by atoms with Gasteiger partial charge in [-0.05, 0) is 54.6 Å². The SMILES string of the molecule is Cc1cccnc1C(c1ccc(-c2ccccc2)cc1)N1CCCC(C(=O)O)C1. The molecule has 2 unspecified atom stereocenters. The number of carbonyl (C=O) groups is 1. The van der Waals surface area contributed by atoms with Crippen LogP contribution in [0.3, 0.4) is 0 Å². The second kappa shape index (κ2) is 8.58. The molecule has 0 radical (unpaired) electrons. The van der Waals surface area contributed by atoms with Gasteiger partial charge in [0.05, 0.1) is 17.7 Å². The number of likely N-dealkylation sites (tertiary alicyclic amines) is 1. The molecule has 1 N–H and O–H groups in total. The quantitative estimate of drug-likeness (QED) is 0.675. The molecule has 4 rings (SSSR count). The van der Waals surface area contributed by atoms with E-state index in [1.807, 2.05) is 30.5 Å². The maximum Gasteiger partial charge on any atom is 0.307 e. The van der Waals surface area contributed by atoms with Gasteiger partial charge in [0.1, 0.15) is 0 Å². The molecule has 1 fully saturated rings. The van der Waals surface area contributed by atoms with Gasteiger partial charge in [-0.15, -0.1) is 0 Å². The Balaban J connectivity index is 1.71. The first-order chi connectivity index (χ1) is 14.1. The molecule has 1 aromatic heterocycles. The topological polar surface area (TPSA) is 53.4 Å². The summed E-state index contributed by atoms with van der Waals surface area (Å²) in [6.45, 7) is 3.51. The van der Waals surface area contributed by atoms with Crippen molar-refractivity contribution in [3.63, 3.8) is 0 Å². The van der Waals surface area contributed by atoms with E-state index in [2.05, 4.69) is 54.3 Å². The third-order valence-electron chi connectivity index (χ3n) is 5.81. The van der Waals surface area contributed by atoms with Gasteiger partial charge in [-0.3, -0.25) is 14.7 Å². The third kappa shape index (κ3) is 4.22. The monoisotopic (exact) mass is 386 g/mol. The summed E-state index contributed by atoms with van der Waals surface area (Å²) in [5.41, 5.74) is 5.65. The molecule has 4 heteroatoms. The molecular formula is C25H26N2O2. The molecule has 0 spiro atoms. The van der Waals surface area contributed by atoms with E-state index in [0.29, 0.717) is 6.54 Å². The predicted octanol–water partition coefficient (Wildman–Crippen LogP) is 4.94. The lowest BCUT2D eigenvalue weighted by molar-refractivity contribution is -0.143. The highest BCUT2D eigenvalue weighted by atomic mass is 16.4. The Kier molecular flexibility index (Phi) is 5.72. The molecule has 2 aromatic carbocycles. The highest BCUT2D eigenvalue weighted by molar-refractivity contribution is 5.70. The minimum Gasteiger partial charge on any atom is -0.481 e. The molecule has 3 aromatic rings. The zero-order valence-electron chi connectivity index (χ0n) is 16.7. The maximum absolute atomic E-state index is 11.6. The molecule has 1 saturated heterocycles. The standard InChI is InChI=1S/C25H26N2O2/c1-18-7-5-15-26-23(18)24(27-16-6-10-22(17-27)25(28)29)21-13-11-20(12-14-21)19-8-3-2-4-9-19/h2-5,7-9,11-15,22,24H,6,10,16-17H2,1H3,(H,28,29). The number of hydrogen-bond donors (Lipinski definition) is 1. The fourth-order valence-corrected chi connectivity index (χ4v) is 4.26. The van der Waals surface area contributed by atoms with E-state index < -0.39 is 5.97 Å². The maximum atomic E-state index is 11.6. The van der Waals surface area contributed by atoms with Gasteiger partial charge in [0.25, 0.3) is 0 Å². The van der Waals surface area contributed by atoms with E-state index in [9.17, 15) is 9.90 Å². The average Bonchev–Trinajstić information content (AvgIpc) is 2.77. The van der Waals surface area contributed by atoms with Crippen LogP contribution in [0.4, 0.5) is 0 Å². The Labute approximate surface area is 171 Å². The molecule has 1 aliphatic heterocycles. The number of hydrogen-bond acceptors (Lipinski definition) is 3. The van der Waals surface area contributed by atoms with Crippen LogP contribution in [0, 0.1) is 12.8 Å². The van der Waals surface area contributed by atoms with Gasteiger partial charge >= 0.3 is 5.97 Å². The van der Waals surface area contributed by atoms with Gasteiger partial charge in [0, 0.05) is 12.7 Å². The van der Waals surface area contributed by atoms with Crippen molar-refractivity contribution in [2.75, 3.05) is 13.1 Å². The van der Waals surface area contributed by atoms with Crippen LogP contribution in [-0.2, 0) is 4.79 Å². The summed E-state index contributed by atoms with van der Waals surface area (Å²) in [5.74, 6) is -1.02. The number of nitrogens with zero attached hydrogens (tertiary/aromatic N) is 2. The molecule has 0 saturated carbocycles. The average molecular weight is 386 g/mol. The highest BCUT2D eigenvalue weighted by Gasteiger charge is 2.32. The van der Waals surface area contributed by atoms with Gasteiger partial charge in [-0.2, -0.15) is 0 Å². The largest absolute Gasteiger partial charge is 0.481 e. The molecule has 2 heterocycles. The number of carboxylic acid groups (broad SMARTS) is 1. The predicted molar refractivity (Wildman–Crippen MR) is 115 cm³/mol. The molecular weight excluding hydrogens is 360 g/mol. The first-order valence-electron chi connectivity index (χ1n) is 10.2. The van der Waals surface area contributed by atoms with Gasteiger partial charge in [0.15, 0.2) is 0 Å². The molecule has 2 atom stereocenters. The van der Waals surface area contributed by atoms with Crippen molar-refractivity contribution in [1.29, 1.82) is 0 Å². The Bertz CT molecular complexity index is 970. The van der Waals surface area contributed by atoms with E-state index in [1.54, 1.807) is 0 Å². The van der Waals surface area contributed by atoms with Crippen LogP contribution in [0.25, 0.3) is 11.1 Å². The molecule has 148 valence electrons. The molecule has 1 aliphatic rings. The number of benzene rings is 2. The second-order valence-corrected chi connectivity index (χ2v) is 7.77. The second-order valence-electron chi connectivity index (χ2n) is 7.77. The normalized spacial score (nSPS) is 18.3. The van der Waals surface area contributed by atoms with E-state index in [1.165, 1.54) is 11.1 Å². The van der Waals surface area contributed by atoms with Crippen LogP contribution < -0.4 is 0 Å². The summed E-state index contributed by atoms with van der Waals surface area (Å²) in [5, 5.41) is 9.55. The molecule has 0 amide bonds. The molecule has 0 aliphatic carbocycles. The van der Waals surface area contributed by atoms with Crippen LogP contribution in [0.2, 0.25) is 0 Å². The summed E-state index contributed by atoms with van der Waals surface area (Å²) >= 11 is 0. The van der Waals surface area contributed by atoms with Crippen molar-refractivity contribution in [1.82, 2.24) is 9.88 Å².